The summed E-state index contributed by atoms with van der Waals surface area (Å²) < 4.78 is 0. The van der Waals surface area contributed by atoms with E-state index in [1.165, 1.54) is 45.1 Å². The number of nitrogens with zero attached hydrogens (tertiary/aromatic N) is 1. The van der Waals surface area contributed by atoms with E-state index in [4.69, 9.17) is 0 Å². The molecule has 0 aliphatic heterocycles. The van der Waals surface area contributed by atoms with Crippen LogP contribution in [0.3, 0.4) is 0 Å². The summed E-state index contributed by atoms with van der Waals surface area (Å²) in [5.41, 5.74) is 0. The largest absolute Gasteiger partial charge is 0.315 e. The Morgan fingerprint density at radius 1 is 1.19 bits per heavy atom. The van der Waals surface area contributed by atoms with Gasteiger partial charge in [-0.05, 0) is 52.2 Å². The molecular weight excluding hydrogens is 196 g/mol. The Bertz CT molecular complexity index is 182. The zero-order valence-corrected chi connectivity index (χ0v) is 11.6. The fourth-order valence-electron chi connectivity index (χ4n) is 3.24. The number of hydrogen-bond acceptors (Lipinski definition) is 2. The van der Waals surface area contributed by atoms with Crippen molar-refractivity contribution in [1.82, 2.24) is 10.2 Å². The van der Waals surface area contributed by atoms with Gasteiger partial charge < -0.3 is 10.2 Å². The second-order valence-corrected chi connectivity index (χ2v) is 5.41. The molecule has 96 valence electrons. The third kappa shape index (κ3) is 3.74. The van der Waals surface area contributed by atoms with Crippen LogP contribution in [0.15, 0.2) is 0 Å². The summed E-state index contributed by atoms with van der Waals surface area (Å²) in [6, 6.07) is 1.47. The Morgan fingerprint density at radius 2 is 1.94 bits per heavy atom. The topological polar surface area (TPSA) is 15.3 Å². The molecule has 0 aromatic rings. The first-order chi connectivity index (χ1) is 7.72. The molecule has 2 nitrogen and oxygen atoms in total. The highest BCUT2D eigenvalue weighted by atomic mass is 15.2. The van der Waals surface area contributed by atoms with Gasteiger partial charge in [-0.25, -0.2) is 0 Å². The summed E-state index contributed by atoms with van der Waals surface area (Å²) in [6.45, 7) is 5.83. The minimum atomic E-state index is 0.713. The summed E-state index contributed by atoms with van der Waals surface area (Å²) in [4.78, 5) is 2.57. The maximum atomic E-state index is 3.51. The molecule has 1 N–H and O–H groups in total. The number of likely N-dealkylation sites (N-methyl/N-ethyl adjacent to an activating group) is 2. The molecule has 3 atom stereocenters. The lowest BCUT2D eigenvalue weighted by Gasteiger charge is -2.41. The zero-order valence-electron chi connectivity index (χ0n) is 11.6. The second-order valence-electron chi connectivity index (χ2n) is 5.41. The molecule has 0 bridgehead atoms. The molecule has 2 heteroatoms. The quantitative estimate of drug-likeness (QED) is 0.749. The molecule has 0 amide bonds. The lowest BCUT2D eigenvalue weighted by atomic mass is 9.79. The molecule has 0 heterocycles. The van der Waals surface area contributed by atoms with E-state index in [2.05, 4.69) is 38.2 Å². The normalized spacial score (nSPS) is 30.9. The van der Waals surface area contributed by atoms with Crippen molar-refractivity contribution in [3.05, 3.63) is 0 Å². The first kappa shape index (κ1) is 14.0. The lowest BCUT2D eigenvalue weighted by Crippen LogP contribution is -2.51. The van der Waals surface area contributed by atoms with Gasteiger partial charge in [0.15, 0.2) is 0 Å². The average Bonchev–Trinajstić information content (AvgIpc) is 2.30. The summed E-state index contributed by atoms with van der Waals surface area (Å²) in [5, 5.41) is 3.51. The van der Waals surface area contributed by atoms with Gasteiger partial charge in [-0.15, -0.1) is 0 Å². The zero-order chi connectivity index (χ0) is 12.0. The molecule has 1 aliphatic carbocycles. The van der Waals surface area contributed by atoms with E-state index >= 15 is 0 Å². The van der Waals surface area contributed by atoms with Gasteiger partial charge in [-0.1, -0.05) is 26.7 Å². The molecule has 1 rings (SSSR count). The van der Waals surface area contributed by atoms with Gasteiger partial charge >= 0.3 is 0 Å². The van der Waals surface area contributed by atoms with Crippen LogP contribution in [0.2, 0.25) is 0 Å². The van der Waals surface area contributed by atoms with Crippen molar-refractivity contribution < 1.29 is 0 Å². The SMILES string of the molecule is CCCC1CCC(NC)C(N(C)CCC)C1. The van der Waals surface area contributed by atoms with Crippen LogP contribution in [-0.4, -0.2) is 37.6 Å². The van der Waals surface area contributed by atoms with Crippen molar-refractivity contribution in [3.8, 4) is 0 Å². The van der Waals surface area contributed by atoms with Crippen molar-refractivity contribution in [2.75, 3.05) is 20.6 Å². The van der Waals surface area contributed by atoms with Crippen molar-refractivity contribution in [1.29, 1.82) is 0 Å². The summed E-state index contributed by atoms with van der Waals surface area (Å²) in [7, 11) is 4.42. The maximum absolute atomic E-state index is 3.51. The molecule has 0 aromatic heterocycles. The van der Waals surface area contributed by atoms with Crippen molar-refractivity contribution in [2.45, 2.75) is 64.5 Å². The maximum Gasteiger partial charge on any atom is 0.0248 e. The molecule has 0 saturated heterocycles. The van der Waals surface area contributed by atoms with E-state index in [0.717, 1.165) is 12.0 Å². The summed E-state index contributed by atoms with van der Waals surface area (Å²) >= 11 is 0. The van der Waals surface area contributed by atoms with Gasteiger partial charge in [0.1, 0.15) is 0 Å². The first-order valence-corrected chi connectivity index (χ1v) is 7.10. The van der Waals surface area contributed by atoms with E-state index in [0.29, 0.717) is 6.04 Å². The third-order valence-electron chi connectivity index (χ3n) is 4.14. The third-order valence-corrected chi connectivity index (χ3v) is 4.14. The van der Waals surface area contributed by atoms with E-state index in [1.807, 2.05) is 0 Å². The number of nitrogens with one attached hydrogen (secondary N) is 1. The summed E-state index contributed by atoms with van der Waals surface area (Å²) in [6.07, 6.45) is 8.22. The molecule has 0 radical (unpaired) electrons. The van der Waals surface area contributed by atoms with Crippen LogP contribution in [0.5, 0.6) is 0 Å². The van der Waals surface area contributed by atoms with Crippen LogP contribution >= 0.6 is 0 Å². The Balaban J connectivity index is 2.52. The van der Waals surface area contributed by atoms with E-state index in [1.54, 1.807) is 0 Å². The Morgan fingerprint density at radius 3 is 2.50 bits per heavy atom. The fraction of sp³-hybridized carbons (Fsp3) is 1.00. The summed E-state index contributed by atoms with van der Waals surface area (Å²) in [5.74, 6) is 0.971. The lowest BCUT2D eigenvalue weighted by molar-refractivity contribution is 0.119. The van der Waals surface area contributed by atoms with Gasteiger partial charge in [0.2, 0.25) is 0 Å². The molecule has 3 unspecified atom stereocenters. The minimum Gasteiger partial charge on any atom is -0.315 e. The van der Waals surface area contributed by atoms with Crippen molar-refractivity contribution in [3.63, 3.8) is 0 Å². The fourth-order valence-corrected chi connectivity index (χ4v) is 3.24. The Labute approximate surface area is 102 Å². The first-order valence-electron chi connectivity index (χ1n) is 7.10. The highest BCUT2D eigenvalue weighted by molar-refractivity contribution is 4.89. The molecular formula is C14H30N2. The predicted octanol–water partition coefficient (Wildman–Crippen LogP) is 2.89. The Hall–Kier alpha value is -0.0800. The van der Waals surface area contributed by atoms with Crippen LogP contribution in [0.4, 0.5) is 0 Å². The smallest absolute Gasteiger partial charge is 0.0248 e. The molecule has 0 spiro atoms. The number of hydrogen-bond donors (Lipinski definition) is 1. The van der Waals surface area contributed by atoms with Gasteiger partial charge in [-0.2, -0.15) is 0 Å². The van der Waals surface area contributed by atoms with E-state index < -0.39 is 0 Å². The predicted molar refractivity (Wildman–Crippen MR) is 71.8 cm³/mol. The second kappa shape index (κ2) is 7.29. The molecule has 16 heavy (non-hydrogen) atoms. The van der Waals surface area contributed by atoms with Crippen molar-refractivity contribution in [2.24, 2.45) is 5.92 Å². The van der Waals surface area contributed by atoms with Gasteiger partial charge in [0.05, 0.1) is 0 Å². The van der Waals surface area contributed by atoms with Gasteiger partial charge in [0.25, 0.3) is 0 Å². The molecule has 1 fully saturated rings. The van der Waals surface area contributed by atoms with Crippen LogP contribution in [0.25, 0.3) is 0 Å². The van der Waals surface area contributed by atoms with Gasteiger partial charge in [0, 0.05) is 12.1 Å². The van der Waals surface area contributed by atoms with Gasteiger partial charge in [-0.3, -0.25) is 0 Å². The minimum absolute atomic E-state index is 0.713. The number of rotatable bonds is 6. The average molecular weight is 226 g/mol. The highest BCUT2D eigenvalue weighted by Crippen LogP contribution is 2.30. The molecule has 1 aliphatic rings. The van der Waals surface area contributed by atoms with Crippen LogP contribution in [-0.2, 0) is 0 Å². The highest BCUT2D eigenvalue weighted by Gasteiger charge is 2.31. The van der Waals surface area contributed by atoms with E-state index in [-0.39, 0.29) is 0 Å². The van der Waals surface area contributed by atoms with Crippen molar-refractivity contribution >= 4 is 0 Å². The van der Waals surface area contributed by atoms with Crippen LogP contribution < -0.4 is 5.32 Å². The monoisotopic (exact) mass is 226 g/mol. The van der Waals surface area contributed by atoms with E-state index in [9.17, 15) is 0 Å². The van der Waals surface area contributed by atoms with Crippen LogP contribution in [0, 0.1) is 5.92 Å². The standard InChI is InChI=1S/C14H30N2/c1-5-7-12-8-9-13(15-3)14(11-12)16(4)10-6-2/h12-15H,5-11H2,1-4H3. The van der Waals surface area contributed by atoms with Crippen LogP contribution in [0.1, 0.15) is 52.4 Å². The molecule has 1 saturated carbocycles. The Kier molecular flexibility index (Phi) is 6.37. The molecule has 0 aromatic carbocycles.